The highest BCUT2D eigenvalue weighted by atomic mass is 16.3. The van der Waals surface area contributed by atoms with Crippen molar-refractivity contribution in [1.29, 1.82) is 0 Å². The Morgan fingerprint density at radius 1 is 1.26 bits per heavy atom. The Hall–Kier alpha value is -2.04. The number of phenolic OH excluding ortho intramolecular Hbond substituents is 1. The zero-order valence-corrected chi connectivity index (χ0v) is 11.3. The van der Waals surface area contributed by atoms with Crippen molar-refractivity contribution < 1.29 is 14.7 Å². The second-order valence-corrected chi connectivity index (χ2v) is 5.34. The Labute approximate surface area is 112 Å². The second kappa shape index (κ2) is 4.57. The second-order valence-electron chi connectivity index (χ2n) is 5.34. The first-order chi connectivity index (χ1) is 8.82. The third-order valence-corrected chi connectivity index (χ3v) is 3.49. The van der Waals surface area contributed by atoms with Crippen LogP contribution in [0.1, 0.15) is 26.3 Å². The van der Waals surface area contributed by atoms with Gasteiger partial charge in [-0.1, -0.05) is 12.1 Å². The third-order valence-electron chi connectivity index (χ3n) is 3.49. The minimum atomic E-state index is -0.874. The molecule has 1 saturated heterocycles. The van der Waals surface area contributed by atoms with Crippen LogP contribution in [0.4, 0.5) is 0 Å². The van der Waals surface area contributed by atoms with E-state index in [1.807, 2.05) is 0 Å². The molecule has 0 aromatic heterocycles. The van der Waals surface area contributed by atoms with Gasteiger partial charge >= 0.3 is 0 Å². The van der Waals surface area contributed by atoms with Gasteiger partial charge in [-0.3, -0.25) is 9.59 Å². The summed E-state index contributed by atoms with van der Waals surface area (Å²) < 4.78 is 0. The Kier molecular flexibility index (Phi) is 3.22. The number of benzene rings is 1. The molecule has 1 atom stereocenters. The van der Waals surface area contributed by atoms with Crippen molar-refractivity contribution in [1.82, 2.24) is 10.2 Å². The number of piperazine rings is 1. The summed E-state index contributed by atoms with van der Waals surface area (Å²) in [5, 5.41) is 11.9. The molecule has 102 valence electrons. The van der Waals surface area contributed by atoms with Crippen molar-refractivity contribution in [2.75, 3.05) is 0 Å². The fourth-order valence-corrected chi connectivity index (χ4v) is 2.13. The molecule has 2 amide bonds. The van der Waals surface area contributed by atoms with Gasteiger partial charge in [0.1, 0.15) is 17.3 Å². The van der Waals surface area contributed by atoms with Crippen LogP contribution in [0.15, 0.2) is 24.3 Å². The normalized spacial score (nSPS) is 22.3. The number of nitrogens with zero attached hydrogens (tertiary/aromatic N) is 1. The average Bonchev–Trinajstić information content (AvgIpc) is 2.35. The van der Waals surface area contributed by atoms with Crippen LogP contribution in [0.25, 0.3) is 0 Å². The number of rotatable bonds is 2. The molecule has 0 spiro atoms. The van der Waals surface area contributed by atoms with E-state index >= 15 is 0 Å². The van der Waals surface area contributed by atoms with Crippen molar-refractivity contribution in [2.45, 2.75) is 38.9 Å². The van der Waals surface area contributed by atoms with E-state index in [1.165, 1.54) is 0 Å². The number of amides is 2. The van der Waals surface area contributed by atoms with Crippen LogP contribution in [0.5, 0.6) is 5.75 Å². The monoisotopic (exact) mass is 262 g/mol. The summed E-state index contributed by atoms with van der Waals surface area (Å²) in [6.07, 6.45) is 0. The van der Waals surface area contributed by atoms with Gasteiger partial charge in [0.15, 0.2) is 0 Å². The number of phenols is 1. The first-order valence-electron chi connectivity index (χ1n) is 6.22. The van der Waals surface area contributed by atoms with Crippen molar-refractivity contribution in [2.24, 2.45) is 0 Å². The van der Waals surface area contributed by atoms with Crippen LogP contribution in [-0.4, -0.2) is 33.4 Å². The number of carbonyl (C=O) groups is 2. The molecular formula is C14H18N2O3. The maximum absolute atomic E-state index is 12.2. The molecule has 2 N–H and O–H groups in total. The van der Waals surface area contributed by atoms with Crippen molar-refractivity contribution >= 4 is 11.8 Å². The largest absolute Gasteiger partial charge is 0.508 e. The summed E-state index contributed by atoms with van der Waals surface area (Å²) in [6.45, 7) is 5.49. The first kappa shape index (κ1) is 13.4. The van der Waals surface area contributed by atoms with Crippen LogP contribution in [0.2, 0.25) is 0 Å². The topological polar surface area (TPSA) is 69.6 Å². The van der Waals surface area contributed by atoms with Crippen molar-refractivity contribution in [3.63, 3.8) is 0 Å². The van der Waals surface area contributed by atoms with Gasteiger partial charge in [0.2, 0.25) is 11.8 Å². The van der Waals surface area contributed by atoms with Crippen LogP contribution < -0.4 is 5.32 Å². The molecule has 0 saturated carbocycles. The summed E-state index contributed by atoms with van der Waals surface area (Å²) in [4.78, 5) is 25.8. The highest BCUT2D eigenvalue weighted by Crippen LogP contribution is 2.24. The summed E-state index contributed by atoms with van der Waals surface area (Å²) in [5.41, 5.74) is 0.00251. The quantitative estimate of drug-likeness (QED) is 0.836. The number of nitrogens with one attached hydrogen (secondary N) is 1. The predicted octanol–water partition coefficient (Wildman–Crippen LogP) is 1.02. The minimum Gasteiger partial charge on any atom is -0.508 e. The van der Waals surface area contributed by atoms with E-state index in [0.29, 0.717) is 6.54 Å². The molecule has 5 nitrogen and oxygen atoms in total. The van der Waals surface area contributed by atoms with E-state index in [4.69, 9.17) is 0 Å². The molecule has 1 unspecified atom stereocenters. The zero-order chi connectivity index (χ0) is 14.2. The highest BCUT2D eigenvalue weighted by Gasteiger charge is 2.44. The summed E-state index contributed by atoms with van der Waals surface area (Å²) in [6, 6.07) is 6.13. The van der Waals surface area contributed by atoms with Crippen molar-refractivity contribution in [3.8, 4) is 5.75 Å². The van der Waals surface area contributed by atoms with Gasteiger partial charge in [-0.15, -0.1) is 0 Å². The van der Waals surface area contributed by atoms with E-state index < -0.39 is 11.6 Å². The Morgan fingerprint density at radius 3 is 2.42 bits per heavy atom. The first-order valence-corrected chi connectivity index (χ1v) is 6.22. The van der Waals surface area contributed by atoms with Gasteiger partial charge in [0, 0.05) is 6.54 Å². The van der Waals surface area contributed by atoms with Crippen molar-refractivity contribution in [3.05, 3.63) is 29.8 Å². The molecule has 1 aliphatic heterocycles. The van der Waals surface area contributed by atoms with E-state index in [9.17, 15) is 14.7 Å². The van der Waals surface area contributed by atoms with Gasteiger partial charge in [0.05, 0.1) is 0 Å². The molecule has 0 aliphatic carbocycles. The third kappa shape index (κ3) is 2.41. The molecule has 1 aliphatic rings. The smallest absolute Gasteiger partial charge is 0.246 e. The number of aromatic hydroxyl groups is 1. The van der Waals surface area contributed by atoms with Crippen LogP contribution >= 0.6 is 0 Å². The highest BCUT2D eigenvalue weighted by molar-refractivity contribution is 5.99. The molecule has 1 fully saturated rings. The Morgan fingerprint density at radius 2 is 1.84 bits per heavy atom. The van der Waals surface area contributed by atoms with E-state index in [2.05, 4.69) is 5.32 Å². The van der Waals surface area contributed by atoms with Crippen LogP contribution in [-0.2, 0) is 16.1 Å². The lowest BCUT2D eigenvalue weighted by molar-refractivity contribution is -0.155. The predicted molar refractivity (Wildman–Crippen MR) is 70.3 cm³/mol. The number of hydrogen-bond donors (Lipinski definition) is 2. The van der Waals surface area contributed by atoms with Gasteiger partial charge in [-0.2, -0.15) is 0 Å². The number of carbonyl (C=O) groups excluding carboxylic acids is 2. The van der Waals surface area contributed by atoms with E-state index in [-0.39, 0.29) is 17.6 Å². The molecule has 0 radical (unpaired) electrons. The lowest BCUT2D eigenvalue weighted by Gasteiger charge is -2.43. The fourth-order valence-electron chi connectivity index (χ4n) is 2.13. The summed E-state index contributed by atoms with van der Waals surface area (Å²) in [7, 11) is 0. The fraction of sp³-hybridized carbons (Fsp3) is 0.429. The average molecular weight is 262 g/mol. The zero-order valence-electron chi connectivity index (χ0n) is 11.3. The van der Waals surface area contributed by atoms with Gasteiger partial charge in [-0.25, -0.2) is 0 Å². The molecular weight excluding hydrogens is 244 g/mol. The molecule has 19 heavy (non-hydrogen) atoms. The Bertz CT molecular complexity index is 508. The molecule has 2 rings (SSSR count). The maximum atomic E-state index is 12.2. The lowest BCUT2D eigenvalue weighted by Crippen LogP contribution is -2.67. The van der Waals surface area contributed by atoms with Crippen LogP contribution in [0, 0.1) is 0 Å². The molecule has 1 aromatic rings. The van der Waals surface area contributed by atoms with E-state index in [1.54, 1.807) is 49.9 Å². The van der Waals surface area contributed by atoms with Gasteiger partial charge in [0.25, 0.3) is 0 Å². The molecule has 0 bridgehead atoms. The standard InChI is InChI=1S/C14H18N2O3/c1-9-12(18)16(14(2,3)13(19)15-9)8-10-4-6-11(17)7-5-10/h4-7,9,17H,8H2,1-3H3,(H,15,19). The number of hydrogen-bond acceptors (Lipinski definition) is 3. The minimum absolute atomic E-state index is 0.0994. The van der Waals surface area contributed by atoms with Gasteiger partial charge < -0.3 is 15.3 Å². The molecule has 1 aromatic carbocycles. The van der Waals surface area contributed by atoms with Gasteiger partial charge in [-0.05, 0) is 38.5 Å². The Balaban J connectivity index is 2.27. The molecule has 1 heterocycles. The summed E-state index contributed by atoms with van der Waals surface area (Å²) in [5.74, 6) is -0.0739. The lowest BCUT2D eigenvalue weighted by atomic mass is 9.95. The maximum Gasteiger partial charge on any atom is 0.246 e. The summed E-state index contributed by atoms with van der Waals surface area (Å²) >= 11 is 0. The van der Waals surface area contributed by atoms with E-state index in [0.717, 1.165) is 5.56 Å². The molecule has 5 heteroatoms. The van der Waals surface area contributed by atoms with Crippen LogP contribution in [0.3, 0.4) is 0 Å². The SMILES string of the molecule is CC1NC(=O)C(C)(C)N(Cc2ccc(O)cc2)C1=O.